The first kappa shape index (κ1) is 18.2. The minimum atomic E-state index is -0.114. The zero-order chi connectivity index (χ0) is 20.0. The summed E-state index contributed by atoms with van der Waals surface area (Å²) in [5.41, 5.74) is 11.7. The second-order valence-electron chi connectivity index (χ2n) is 8.01. The monoisotopic (exact) mass is 404 g/mol. The standard InChI is InChI=1S/C23H24N4OS/c1-13-6-7-18-15(10-13)11-17-20(24)21(29-23(17)27-18)22(28)25-9-8-14-12-26-19-5-3-2-4-16(14)19/h2-5,11-13,26H,6-10,24H2,1H3,(H,25,28). The fourth-order valence-corrected chi connectivity index (χ4v) is 5.28. The van der Waals surface area contributed by atoms with Gasteiger partial charge in [0.15, 0.2) is 0 Å². The zero-order valence-electron chi connectivity index (χ0n) is 16.4. The van der Waals surface area contributed by atoms with Gasteiger partial charge in [-0.3, -0.25) is 4.79 Å². The molecule has 4 aromatic rings. The first-order valence-electron chi connectivity index (χ1n) is 10.1. The molecule has 6 heteroatoms. The second kappa shape index (κ2) is 7.19. The minimum Gasteiger partial charge on any atom is -0.397 e. The molecular formula is C23H24N4OS. The highest BCUT2D eigenvalue weighted by Gasteiger charge is 2.22. The maximum Gasteiger partial charge on any atom is 0.263 e. The van der Waals surface area contributed by atoms with E-state index < -0.39 is 0 Å². The van der Waals surface area contributed by atoms with Crippen LogP contribution >= 0.6 is 11.3 Å². The van der Waals surface area contributed by atoms with Crippen molar-refractivity contribution >= 4 is 44.1 Å². The highest BCUT2D eigenvalue weighted by molar-refractivity contribution is 7.21. The summed E-state index contributed by atoms with van der Waals surface area (Å²) in [6.07, 6.45) is 6.01. The van der Waals surface area contributed by atoms with E-state index in [1.165, 1.54) is 40.0 Å². The lowest BCUT2D eigenvalue weighted by atomic mass is 9.87. The molecule has 1 aromatic carbocycles. The fraction of sp³-hybridized carbons (Fsp3) is 0.304. The number of carbonyl (C=O) groups is 1. The number of nitrogens with zero attached hydrogens (tertiary/aromatic N) is 1. The number of anilines is 1. The smallest absolute Gasteiger partial charge is 0.263 e. The Morgan fingerprint density at radius 2 is 2.21 bits per heavy atom. The van der Waals surface area contributed by atoms with Crippen molar-refractivity contribution in [1.82, 2.24) is 15.3 Å². The molecule has 29 heavy (non-hydrogen) atoms. The van der Waals surface area contributed by atoms with E-state index in [-0.39, 0.29) is 5.91 Å². The number of hydrogen-bond donors (Lipinski definition) is 3. The summed E-state index contributed by atoms with van der Waals surface area (Å²) in [6.45, 7) is 2.84. The molecule has 0 bridgehead atoms. The molecule has 0 radical (unpaired) electrons. The summed E-state index contributed by atoms with van der Waals surface area (Å²) in [5, 5.41) is 5.15. The van der Waals surface area contributed by atoms with Crippen molar-refractivity contribution in [3.05, 3.63) is 58.2 Å². The number of hydrogen-bond acceptors (Lipinski definition) is 4. The molecule has 1 unspecified atom stereocenters. The van der Waals surface area contributed by atoms with Crippen molar-refractivity contribution in [2.24, 2.45) is 5.92 Å². The summed E-state index contributed by atoms with van der Waals surface area (Å²) in [6, 6.07) is 10.4. The molecule has 148 valence electrons. The molecule has 0 aliphatic heterocycles. The highest BCUT2D eigenvalue weighted by atomic mass is 32.1. The molecule has 5 nitrogen and oxygen atoms in total. The Balaban J connectivity index is 1.33. The van der Waals surface area contributed by atoms with E-state index in [1.807, 2.05) is 18.3 Å². The number of carbonyl (C=O) groups excluding carboxylic acids is 1. The SMILES string of the molecule is CC1CCc2nc3sc(C(=O)NCCc4c[nH]c5ccccc45)c(N)c3cc2C1. The Morgan fingerprint density at radius 3 is 3.10 bits per heavy atom. The third kappa shape index (κ3) is 3.27. The predicted molar refractivity (Wildman–Crippen MR) is 120 cm³/mol. The van der Waals surface area contributed by atoms with E-state index in [4.69, 9.17) is 10.7 Å². The van der Waals surface area contributed by atoms with Crippen LogP contribution in [0.25, 0.3) is 21.1 Å². The average Bonchev–Trinajstić information content (AvgIpc) is 3.28. The van der Waals surface area contributed by atoms with Gasteiger partial charge < -0.3 is 16.0 Å². The van der Waals surface area contributed by atoms with Gasteiger partial charge in [0.2, 0.25) is 0 Å². The van der Waals surface area contributed by atoms with E-state index in [2.05, 4.69) is 35.4 Å². The Labute approximate surface area is 173 Å². The van der Waals surface area contributed by atoms with E-state index in [9.17, 15) is 4.79 Å². The van der Waals surface area contributed by atoms with E-state index in [0.29, 0.717) is 23.0 Å². The Bertz CT molecular complexity index is 1220. The summed E-state index contributed by atoms with van der Waals surface area (Å²) in [7, 11) is 0. The van der Waals surface area contributed by atoms with Gasteiger partial charge in [0.1, 0.15) is 9.71 Å². The Morgan fingerprint density at radius 1 is 1.34 bits per heavy atom. The topological polar surface area (TPSA) is 83.8 Å². The molecule has 3 heterocycles. The van der Waals surface area contributed by atoms with Gasteiger partial charge in [-0.15, -0.1) is 11.3 Å². The van der Waals surface area contributed by atoms with Gasteiger partial charge in [0, 0.05) is 34.7 Å². The number of benzene rings is 1. The third-order valence-corrected chi connectivity index (χ3v) is 7.01. The van der Waals surface area contributed by atoms with Gasteiger partial charge in [-0.25, -0.2) is 4.98 Å². The lowest BCUT2D eigenvalue weighted by Gasteiger charge is -2.20. The number of aryl methyl sites for hydroxylation is 1. The van der Waals surface area contributed by atoms with Crippen LogP contribution in [0.4, 0.5) is 5.69 Å². The second-order valence-corrected chi connectivity index (χ2v) is 9.00. The number of nitrogens with two attached hydrogens (primary N) is 1. The molecule has 0 saturated carbocycles. The van der Waals surface area contributed by atoms with Crippen LogP contribution in [0.15, 0.2) is 36.5 Å². The zero-order valence-corrected chi connectivity index (χ0v) is 17.2. The van der Waals surface area contributed by atoms with Gasteiger partial charge in [-0.1, -0.05) is 25.1 Å². The van der Waals surface area contributed by atoms with Crippen molar-refractivity contribution in [2.45, 2.75) is 32.6 Å². The van der Waals surface area contributed by atoms with Crippen LogP contribution in [0.1, 0.15) is 39.8 Å². The first-order valence-corrected chi connectivity index (χ1v) is 11.0. The van der Waals surface area contributed by atoms with Crippen molar-refractivity contribution in [3.63, 3.8) is 0 Å². The van der Waals surface area contributed by atoms with Gasteiger partial charge in [-0.2, -0.15) is 0 Å². The number of amides is 1. The van der Waals surface area contributed by atoms with Crippen LogP contribution in [-0.2, 0) is 19.3 Å². The molecule has 0 spiro atoms. The number of aromatic amines is 1. The first-order chi connectivity index (χ1) is 14.1. The van der Waals surface area contributed by atoms with Crippen LogP contribution in [0.3, 0.4) is 0 Å². The van der Waals surface area contributed by atoms with E-state index in [1.54, 1.807) is 0 Å². The minimum absolute atomic E-state index is 0.114. The van der Waals surface area contributed by atoms with E-state index in [0.717, 1.165) is 35.0 Å². The van der Waals surface area contributed by atoms with Crippen molar-refractivity contribution < 1.29 is 4.79 Å². The number of para-hydroxylation sites is 1. The normalized spacial score (nSPS) is 16.2. The molecular weight excluding hydrogens is 380 g/mol. The highest BCUT2D eigenvalue weighted by Crippen LogP contribution is 2.36. The van der Waals surface area contributed by atoms with Gasteiger partial charge in [-0.05, 0) is 54.9 Å². The number of pyridine rings is 1. The van der Waals surface area contributed by atoms with Gasteiger partial charge in [0.05, 0.1) is 5.69 Å². The number of thiophene rings is 1. The van der Waals surface area contributed by atoms with Crippen LogP contribution < -0.4 is 11.1 Å². The summed E-state index contributed by atoms with van der Waals surface area (Å²) < 4.78 is 0. The number of fused-ring (bicyclic) bond motifs is 3. The predicted octanol–water partition coefficient (Wildman–Crippen LogP) is 4.46. The fourth-order valence-electron chi connectivity index (χ4n) is 4.27. The summed E-state index contributed by atoms with van der Waals surface area (Å²) in [5.74, 6) is 0.561. The van der Waals surface area contributed by atoms with Gasteiger partial charge in [0.25, 0.3) is 5.91 Å². The maximum atomic E-state index is 12.8. The molecule has 1 aliphatic carbocycles. The summed E-state index contributed by atoms with van der Waals surface area (Å²) >= 11 is 1.40. The molecule has 3 aromatic heterocycles. The molecule has 0 fully saturated rings. The Hall–Kier alpha value is -2.86. The van der Waals surface area contributed by atoms with Crippen LogP contribution in [0.5, 0.6) is 0 Å². The van der Waals surface area contributed by atoms with Crippen LogP contribution in [0.2, 0.25) is 0 Å². The quantitative estimate of drug-likeness (QED) is 0.470. The molecule has 1 aliphatic rings. The lowest BCUT2D eigenvalue weighted by Crippen LogP contribution is -2.25. The Kier molecular flexibility index (Phi) is 4.51. The van der Waals surface area contributed by atoms with Crippen LogP contribution in [0, 0.1) is 5.92 Å². The number of H-pyrrole nitrogens is 1. The average molecular weight is 405 g/mol. The number of aromatic nitrogens is 2. The van der Waals surface area contributed by atoms with Crippen LogP contribution in [-0.4, -0.2) is 22.4 Å². The third-order valence-electron chi connectivity index (χ3n) is 5.89. The maximum absolute atomic E-state index is 12.8. The number of nitrogens with one attached hydrogen (secondary N) is 2. The molecule has 5 rings (SSSR count). The molecule has 1 amide bonds. The van der Waals surface area contributed by atoms with Crippen molar-refractivity contribution in [3.8, 4) is 0 Å². The summed E-state index contributed by atoms with van der Waals surface area (Å²) in [4.78, 5) is 22.3. The largest absolute Gasteiger partial charge is 0.397 e. The molecule has 0 saturated heterocycles. The van der Waals surface area contributed by atoms with Crippen molar-refractivity contribution in [1.29, 1.82) is 0 Å². The number of nitrogen functional groups attached to an aromatic ring is 1. The van der Waals surface area contributed by atoms with Gasteiger partial charge >= 0.3 is 0 Å². The molecule has 1 atom stereocenters. The van der Waals surface area contributed by atoms with Crippen molar-refractivity contribution in [2.75, 3.05) is 12.3 Å². The lowest BCUT2D eigenvalue weighted by molar-refractivity contribution is 0.0959. The molecule has 4 N–H and O–H groups in total. The van der Waals surface area contributed by atoms with E-state index >= 15 is 0 Å². The number of rotatable bonds is 4.